The summed E-state index contributed by atoms with van der Waals surface area (Å²) in [7, 11) is 0. The molecule has 7 N–H and O–H groups in total. The number of thiol groups is 1. The standard InChI is InChI=1S/C17H30N4O7S/c1-4-8(2)13(18)16(26)19-9(3)14(24)20-10(5-6-12(22)23)15(25)21-11(7-29)17(27)28/h8-11,13,29H,4-7,18H2,1-3H3,(H,19,26)(H,20,24)(H,21,25)(H,22,23)(H,27,28). The number of carboxylic acids is 2. The third-order valence-electron chi connectivity index (χ3n) is 4.39. The van der Waals surface area contributed by atoms with E-state index in [1.165, 1.54) is 6.92 Å². The Morgan fingerprint density at radius 2 is 1.48 bits per heavy atom. The molecule has 0 heterocycles. The first-order valence-electron chi connectivity index (χ1n) is 9.16. The predicted molar refractivity (Wildman–Crippen MR) is 107 cm³/mol. The van der Waals surface area contributed by atoms with Gasteiger partial charge < -0.3 is 31.9 Å². The average molecular weight is 435 g/mol. The van der Waals surface area contributed by atoms with E-state index >= 15 is 0 Å². The second-order valence-electron chi connectivity index (χ2n) is 6.72. The van der Waals surface area contributed by atoms with E-state index in [1.807, 2.05) is 6.92 Å². The van der Waals surface area contributed by atoms with Crippen molar-refractivity contribution in [1.29, 1.82) is 0 Å². The molecule has 0 spiro atoms. The van der Waals surface area contributed by atoms with Gasteiger partial charge in [-0.2, -0.15) is 12.6 Å². The minimum absolute atomic E-state index is 0.103. The lowest BCUT2D eigenvalue weighted by atomic mass is 9.99. The van der Waals surface area contributed by atoms with Gasteiger partial charge in [0, 0.05) is 12.2 Å². The minimum Gasteiger partial charge on any atom is -0.481 e. The monoisotopic (exact) mass is 434 g/mol. The van der Waals surface area contributed by atoms with E-state index in [1.54, 1.807) is 6.92 Å². The lowest BCUT2D eigenvalue weighted by Gasteiger charge is -2.24. The normalized spacial score (nSPS) is 15.9. The number of nitrogens with one attached hydrogen (secondary N) is 3. The second-order valence-corrected chi connectivity index (χ2v) is 7.08. The van der Waals surface area contributed by atoms with Crippen molar-refractivity contribution < 1.29 is 34.2 Å². The summed E-state index contributed by atoms with van der Waals surface area (Å²) in [4.78, 5) is 58.7. The molecule has 0 bridgehead atoms. The number of carboxylic acid groups (broad SMARTS) is 2. The van der Waals surface area contributed by atoms with Crippen molar-refractivity contribution in [2.45, 2.75) is 64.2 Å². The van der Waals surface area contributed by atoms with E-state index in [4.69, 9.17) is 15.9 Å². The zero-order valence-corrected chi connectivity index (χ0v) is 17.6. The number of amides is 3. The molecule has 3 amide bonds. The van der Waals surface area contributed by atoms with Crippen LogP contribution >= 0.6 is 12.6 Å². The first-order valence-corrected chi connectivity index (χ1v) is 9.79. The first kappa shape index (κ1) is 26.7. The highest BCUT2D eigenvalue weighted by atomic mass is 32.1. The van der Waals surface area contributed by atoms with Gasteiger partial charge in [-0.05, 0) is 19.3 Å². The van der Waals surface area contributed by atoms with E-state index in [-0.39, 0.29) is 18.1 Å². The molecule has 0 radical (unpaired) electrons. The quantitative estimate of drug-likeness (QED) is 0.174. The number of carbonyl (C=O) groups is 5. The Bertz CT molecular complexity index is 617. The highest BCUT2D eigenvalue weighted by Gasteiger charge is 2.29. The topological polar surface area (TPSA) is 188 Å². The van der Waals surface area contributed by atoms with Crippen molar-refractivity contribution >= 4 is 42.3 Å². The molecule has 0 aromatic carbocycles. The van der Waals surface area contributed by atoms with E-state index in [0.29, 0.717) is 6.42 Å². The van der Waals surface area contributed by atoms with E-state index in [0.717, 1.165) is 0 Å². The number of aliphatic carboxylic acids is 2. The van der Waals surface area contributed by atoms with E-state index in [9.17, 15) is 24.0 Å². The number of nitrogens with two attached hydrogens (primary N) is 1. The second kappa shape index (κ2) is 13.0. The van der Waals surface area contributed by atoms with Crippen molar-refractivity contribution in [1.82, 2.24) is 16.0 Å². The summed E-state index contributed by atoms with van der Waals surface area (Å²) < 4.78 is 0. The fraction of sp³-hybridized carbons (Fsp3) is 0.706. The fourth-order valence-electron chi connectivity index (χ4n) is 2.18. The van der Waals surface area contributed by atoms with Gasteiger partial charge in [-0.25, -0.2) is 4.79 Å². The molecule has 166 valence electrons. The summed E-state index contributed by atoms with van der Waals surface area (Å²) in [6.07, 6.45) is -0.0298. The zero-order chi connectivity index (χ0) is 22.7. The Labute approximate surface area is 174 Å². The number of rotatable bonds is 13. The average Bonchev–Trinajstić information content (AvgIpc) is 2.66. The highest BCUT2D eigenvalue weighted by molar-refractivity contribution is 7.80. The van der Waals surface area contributed by atoms with Crippen LogP contribution in [-0.4, -0.2) is 69.8 Å². The summed E-state index contributed by atoms with van der Waals surface area (Å²) in [6, 6.07) is -4.46. The van der Waals surface area contributed by atoms with Crippen LogP contribution < -0.4 is 21.7 Å². The number of hydrogen-bond acceptors (Lipinski definition) is 7. The van der Waals surface area contributed by atoms with Gasteiger partial charge in [0.15, 0.2) is 0 Å². The predicted octanol–water partition coefficient (Wildman–Crippen LogP) is -1.29. The Morgan fingerprint density at radius 1 is 0.931 bits per heavy atom. The van der Waals surface area contributed by atoms with Crippen molar-refractivity contribution in [3.8, 4) is 0 Å². The molecule has 0 fully saturated rings. The zero-order valence-electron chi connectivity index (χ0n) is 16.7. The Morgan fingerprint density at radius 3 is 1.93 bits per heavy atom. The molecule has 0 aromatic rings. The molecule has 0 saturated heterocycles. The van der Waals surface area contributed by atoms with Crippen molar-refractivity contribution in [3.63, 3.8) is 0 Å². The van der Waals surface area contributed by atoms with Gasteiger partial charge in [0.2, 0.25) is 17.7 Å². The van der Waals surface area contributed by atoms with Gasteiger partial charge in [0.05, 0.1) is 6.04 Å². The molecule has 5 unspecified atom stereocenters. The van der Waals surface area contributed by atoms with Gasteiger partial charge in [0.1, 0.15) is 18.1 Å². The molecule has 29 heavy (non-hydrogen) atoms. The molecule has 0 aliphatic rings. The summed E-state index contributed by atoms with van der Waals surface area (Å²) in [5, 5.41) is 24.8. The molecule has 5 atom stereocenters. The largest absolute Gasteiger partial charge is 0.481 e. The van der Waals surface area contributed by atoms with Gasteiger partial charge in [-0.3, -0.25) is 19.2 Å². The molecule has 0 aliphatic carbocycles. The smallest absolute Gasteiger partial charge is 0.327 e. The third kappa shape index (κ3) is 9.61. The molecule has 0 aromatic heterocycles. The van der Waals surface area contributed by atoms with Crippen LogP contribution in [-0.2, 0) is 24.0 Å². The SMILES string of the molecule is CCC(C)C(N)C(=O)NC(C)C(=O)NC(CCC(=O)O)C(=O)NC(CS)C(=O)O. The number of carbonyl (C=O) groups excluding carboxylic acids is 3. The Kier molecular flexibility index (Phi) is 11.9. The van der Waals surface area contributed by atoms with Crippen LogP contribution in [0.15, 0.2) is 0 Å². The first-order chi connectivity index (χ1) is 13.4. The van der Waals surface area contributed by atoms with Crippen molar-refractivity contribution in [2.75, 3.05) is 5.75 Å². The van der Waals surface area contributed by atoms with E-state index in [2.05, 4.69) is 28.6 Å². The van der Waals surface area contributed by atoms with Crippen LogP contribution in [0.1, 0.15) is 40.0 Å². The van der Waals surface area contributed by atoms with Crippen LogP contribution in [0, 0.1) is 5.92 Å². The highest BCUT2D eigenvalue weighted by Crippen LogP contribution is 2.06. The fourth-order valence-corrected chi connectivity index (χ4v) is 2.43. The Balaban J connectivity index is 5.09. The summed E-state index contributed by atoms with van der Waals surface area (Å²) in [5.74, 6) is -4.95. The molecular weight excluding hydrogens is 404 g/mol. The van der Waals surface area contributed by atoms with Gasteiger partial charge in [-0.1, -0.05) is 20.3 Å². The third-order valence-corrected chi connectivity index (χ3v) is 4.75. The number of hydrogen-bond donors (Lipinski definition) is 7. The summed E-state index contributed by atoms with van der Waals surface area (Å²) in [6.45, 7) is 5.05. The maximum Gasteiger partial charge on any atom is 0.327 e. The van der Waals surface area contributed by atoms with Gasteiger partial charge in [0.25, 0.3) is 0 Å². The van der Waals surface area contributed by atoms with Crippen LogP contribution in [0.25, 0.3) is 0 Å². The lowest BCUT2D eigenvalue weighted by Crippen LogP contribution is -2.57. The molecule has 0 aliphatic heterocycles. The van der Waals surface area contributed by atoms with Crippen LogP contribution in [0.5, 0.6) is 0 Å². The summed E-state index contributed by atoms with van der Waals surface area (Å²) >= 11 is 3.83. The van der Waals surface area contributed by atoms with Crippen LogP contribution in [0.4, 0.5) is 0 Å². The maximum atomic E-state index is 12.4. The van der Waals surface area contributed by atoms with Gasteiger partial charge >= 0.3 is 11.9 Å². The Hall–Kier alpha value is -2.34. The van der Waals surface area contributed by atoms with Gasteiger partial charge in [-0.15, -0.1) is 0 Å². The van der Waals surface area contributed by atoms with E-state index < -0.39 is 60.2 Å². The molecule has 0 rings (SSSR count). The van der Waals surface area contributed by atoms with Crippen LogP contribution in [0.2, 0.25) is 0 Å². The van der Waals surface area contributed by atoms with Crippen molar-refractivity contribution in [2.24, 2.45) is 11.7 Å². The molecule has 0 saturated carbocycles. The molecule has 11 nitrogen and oxygen atoms in total. The lowest BCUT2D eigenvalue weighted by molar-refractivity contribution is -0.142. The minimum atomic E-state index is -1.32. The summed E-state index contributed by atoms with van der Waals surface area (Å²) in [5.41, 5.74) is 5.81. The van der Waals surface area contributed by atoms with Crippen LogP contribution in [0.3, 0.4) is 0 Å². The molecular formula is C17H30N4O7S. The molecule has 12 heteroatoms. The van der Waals surface area contributed by atoms with Crippen molar-refractivity contribution in [3.05, 3.63) is 0 Å². The maximum absolute atomic E-state index is 12.4.